The Morgan fingerprint density at radius 2 is 1.53 bits per heavy atom. The molecule has 0 unspecified atom stereocenters. The highest BCUT2D eigenvalue weighted by atomic mass is 14.4. The second-order valence-corrected chi connectivity index (χ2v) is 4.82. The molecule has 0 aliphatic heterocycles. The van der Waals surface area contributed by atoms with Crippen LogP contribution in [0.2, 0.25) is 0 Å². The van der Waals surface area contributed by atoms with Crippen molar-refractivity contribution in [3.63, 3.8) is 0 Å². The van der Waals surface area contributed by atoms with Crippen LogP contribution in [0.25, 0.3) is 5.57 Å². The van der Waals surface area contributed by atoms with Crippen LogP contribution < -0.4 is 0 Å². The minimum absolute atomic E-state index is 0.127. The summed E-state index contributed by atoms with van der Waals surface area (Å²) >= 11 is 0. The molecule has 0 N–H and O–H groups in total. The van der Waals surface area contributed by atoms with Crippen molar-refractivity contribution in [3.05, 3.63) is 66.3 Å². The average molecular weight is 256 g/mol. The van der Waals surface area contributed by atoms with Crippen molar-refractivity contribution in [2.24, 2.45) is 0 Å². The quantitative estimate of drug-likeness (QED) is 0.528. The van der Waals surface area contributed by atoms with Gasteiger partial charge in [-0.1, -0.05) is 70.7 Å². The summed E-state index contributed by atoms with van der Waals surface area (Å²) in [4.78, 5) is 0. The molecule has 2 rings (SSSR count). The Kier molecular flexibility index (Phi) is 7.14. The summed E-state index contributed by atoms with van der Waals surface area (Å²) < 4.78 is 0. The summed E-state index contributed by atoms with van der Waals surface area (Å²) in [5.41, 5.74) is 5.67. The smallest absolute Gasteiger partial charge is 0.0155 e. The van der Waals surface area contributed by atoms with Crippen molar-refractivity contribution < 1.29 is 0 Å². The van der Waals surface area contributed by atoms with Crippen molar-refractivity contribution in [3.8, 4) is 0 Å². The molecule has 0 aromatic heterocycles. The zero-order valence-electron chi connectivity index (χ0n) is 13.4. The average Bonchev–Trinajstić information content (AvgIpc) is 2.61. The van der Waals surface area contributed by atoms with E-state index < -0.39 is 0 Å². The number of benzene rings is 1. The molecular formula is C19H28. The van der Waals surface area contributed by atoms with E-state index in [-0.39, 0.29) is 5.41 Å². The van der Waals surface area contributed by atoms with Crippen molar-refractivity contribution in [1.29, 1.82) is 0 Å². The van der Waals surface area contributed by atoms with Gasteiger partial charge in [-0.3, -0.25) is 0 Å². The first-order valence-corrected chi connectivity index (χ1v) is 7.01. The summed E-state index contributed by atoms with van der Waals surface area (Å²) in [7, 11) is 0. The van der Waals surface area contributed by atoms with Crippen molar-refractivity contribution >= 4 is 5.57 Å². The van der Waals surface area contributed by atoms with Gasteiger partial charge < -0.3 is 0 Å². The summed E-state index contributed by atoms with van der Waals surface area (Å²) in [6.45, 7) is 19.9. The summed E-state index contributed by atoms with van der Waals surface area (Å²) in [6, 6.07) is 8.63. The topological polar surface area (TPSA) is 0 Å². The Labute approximate surface area is 119 Å². The van der Waals surface area contributed by atoms with Gasteiger partial charge in [0.1, 0.15) is 0 Å². The Balaban J connectivity index is 0.000000573. The number of allylic oxidation sites excluding steroid dienone is 4. The predicted octanol–water partition coefficient (Wildman–Crippen LogP) is 6.16. The Bertz CT molecular complexity index is 459. The van der Waals surface area contributed by atoms with E-state index in [0.29, 0.717) is 0 Å². The second kappa shape index (κ2) is 7.78. The van der Waals surface area contributed by atoms with Crippen LogP contribution in [0.1, 0.15) is 52.7 Å². The molecule has 1 aromatic rings. The molecule has 0 radical (unpaired) electrons. The van der Waals surface area contributed by atoms with Gasteiger partial charge in [-0.15, -0.1) is 6.58 Å². The molecule has 1 aliphatic rings. The lowest BCUT2D eigenvalue weighted by Crippen LogP contribution is -2.15. The molecule has 0 nitrogen and oxygen atoms in total. The zero-order chi connectivity index (χ0) is 15.1. The van der Waals surface area contributed by atoms with Gasteiger partial charge in [-0.05, 0) is 36.1 Å². The number of fused-ring (bicyclic) bond motifs is 1. The van der Waals surface area contributed by atoms with Gasteiger partial charge in [0, 0.05) is 5.41 Å². The predicted molar refractivity (Wildman–Crippen MR) is 89.5 cm³/mol. The van der Waals surface area contributed by atoms with Crippen LogP contribution in [0.5, 0.6) is 0 Å². The number of hydrogen-bond donors (Lipinski definition) is 0. The van der Waals surface area contributed by atoms with Crippen LogP contribution >= 0.6 is 0 Å². The number of hydrogen-bond acceptors (Lipinski definition) is 0. The molecule has 0 saturated heterocycles. The maximum absolute atomic E-state index is 3.91. The molecule has 0 bridgehead atoms. The third kappa shape index (κ3) is 3.47. The molecule has 0 saturated carbocycles. The fourth-order valence-corrected chi connectivity index (χ4v) is 2.52. The van der Waals surface area contributed by atoms with Crippen LogP contribution in [-0.4, -0.2) is 0 Å². The maximum Gasteiger partial charge on any atom is 0.0155 e. The Morgan fingerprint density at radius 1 is 1.05 bits per heavy atom. The fourth-order valence-electron chi connectivity index (χ4n) is 2.52. The SMILES string of the molecule is C=CC.C=CC1=C(C)c2ccccc2C1(C)C.CC. The third-order valence-electron chi connectivity index (χ3n) is 3.29. The molecule has 0 atom stereocenters. The molecule has 1 aliphatic carbocycles. The highest BCUT2D eigenvalue weighted by Crippen LogP contribution is 2.45. The monoisotopic (exact) mass is 256 g/mol. The summed E-state index contributed by atoms with van der Waals surface area (Å²) in [6.07, 6.45) is 3.75. The first kappa shape index (κ1) is 17.4. The van der Waals surface area contributed by atoms with E-state index in [1.165, 1.54) is 22.3 Å². The molecular weight excluding hydrogens is 228 g/mol. The highest BCUT2D eigenvalue weighted by Gasteiger charge is 2.33. The van der Waals surface area contributed by atoms with E-state index in [1.54, 1.807) is 6.08 Å². The standard InChI is InChI=1S/C14H16.C3H6.C2H6/c1-5-12-10(2)11-8-6-7-9-13(11)14(12,3)4;1-3-2;1-2/h5-9H,1H2,2-4H3;3H,1H2,2H3;1-2H3. The normalized spacial score (nSPS) is 14.4. The molecule has 0 amide bonds. The number of rotatable bonds is 1. The van der Waals surface area contributed by atoms with E-state index in [0.717, 1.165) is 0 Å². The summed E-state index contributed by atoms with van der Waals surface area (Å²) in [5.74, 6) is 0. The minimum atomic E-state index is 0.127. The molecule has 0 spiro atoms. The third-order valence-corrected chi connectivity index (χ3v) is 3.29. The van der Waals surface area contributed by atoms with Gasteiger partial charge in [-0.25, -0.2) is 0 Å². The minimum Gasteiger partial charge on any atom is -0.103 e. The lowest BCUT2D eigenvalue weighted by molar-refractivity contribution is 0.654. The fraction of sp³-hybridized carbons (Fsp3) is 0.368. The van der Waals surface area contributed by atoms with E-state index in [1.807, 2.05) is 26.8 Å². The molecule has 0 fully saturated rings. The van der Waals surface area contributed by atoms with Crippen LogP contribution in [-0.2, 0) is 5.41 Å². The van der Waals surface area contributed by atoms with Crippen molar-refractivity contribution in [2.75, 3.05) is 0 Å². The highest BCUT2D eigenvalue weighted by molar-refractivity contribution is 5.80. The van der Waals surface area contributed by atoms with Crippen molar-refractivity contribution in [1.82, 2.24) is 0 Å². The van der Waals surface area contributed by atoms with Crippen LogP contribution in [0, 0.1) is 0 Å². The van der Waals surface area contributed by atoms with Crippen LogP contribution in [0.3, 0.4) is 0 Å². The summed E-state index contributed by atoms with van der Waals surface area (Å²) in [5, 5.41) is 0. The zero-order valence-corrected chi connectivity index (χ0v) is 13.4. The van der Waals surface area contributed by atoms with Gasteiger partial charge in [0.05, 0.1) is 0 Å². The van der Waals surface area contributed by atoms with Gasteiger partial charge in [0.25, 0.3) is 0 Å². The molecule has 0 heterocycles. The van der Waals surface area contributed by atoms with Crippen molar-refractivity contribution in [2.45, 2.75) is 47.0 Å². The first-order valence-electron chi connectivity index (χ1n) is 7.01. The van der Waals surface area contributed by atoms with Gasteiger partial charge in [-0.2, -0.15) is 0 Å². The molecule has 19 heavy (non-hydrogen) atoms. The van der Waals surface area contributed by atoms with E-state index in [2.05, 4.69) is 58.2 Å². The largest absolute Gasteiger partial charge is 0.103 e. The van der Waals surface area contributed by atoms with E-state index in [9.17, 15) is 0 Å². The van der Waals surface area contributed by atoms with Crippen LogP contribution in [0.4, 0.5) is 0 Å². The van der Waals surface area contributed by atoms with Crippen LogP contribution in [0.15, 0.2) is 55.1 Å². The molecule has 104 valence electrons. The van der Waals surface area contributed by atoms with Gasteiger partial charge in [0.15, 0.2) is 0 Å². The molecule has 0 heteroatoms. The first-order chi connectivity index (χ1) is 9.00. The maximum atomic E-state index is 3.91. The lowest BCUT2D eigenvalue weighted by Gasteiger charge is -2.22. The Hall–Kier alpha value is -1.56. The molecule has 1 aromatic carbocycles. The second-order valence-electron chi connectivity index (χ2n) is 4.82. The van der Waals surface area contributed by atoms with E-state index >= 15 is 0 Å². The Morgan fingerprint density at radius 3 is 1.95 bits per heavy atom. The van der Waals surface area contributed by atoms with Gasteiger partial charge >= 0.3 is 0 Å². The lowest BCUT2D eigenvalue weighted by atomic mass is 9.81. The van der Waals surface area contributed by atoms with Gasteiger partial charge in [0.2, 0.25) is 0 Å². The van der Waals surface area contributed by atoms with E-state index in [4.69, 9.17) is 0 Å².